The quantitative estimate of drug-likeness (QED) is 0.586. The van der Waals surface area contributed by atoms with Crippen LogP contribution in [0, 0.1) is 0 Å². The first kappa shape index (κ1) is 8.73. The molecule has 0 aliphatic rings. The molecule has 2 heteroatoms. The number of rotatable bonds is 2. The van der Waals surface area contributed by atoms with Gasteiger partial charge in [-0.25, -0.2) is 0 Å². The summed E-state index contributed by atoms with van der Waals surface area (Å²) in [5.41, 5.74) is 1.49. The fourth-order valence-electron chi connectivity index (χ4n) is 1.21. The summed E-state index contributed by atoms with van der Waals surface area (Å²) in [6.45, 7) is 9.43. The molecule has 1 aromatic rings. The molecular weight excluding hydrogens is 147 g/mol. The summed E-state index contributed by atoms with van der Waals surface area (Å²) in [6.07, 6.45) is 0. The molecule has 0 nitrogen and oxygen atoms in total. The molecule has 11 heavy (non-hydrogen) atoms. The van der Waals surface area contributed by atoms with Gasteiger partial charge in [0.05, 0.1) is 0 Å². The van der Waals surface area contributed by atoms with Gasteiger partial charge in [0.15, 0.2) is 0 Å². The van der Waals surface area contributed by atoms with Crippen molar-refractivity contribution in [3.8, 4) is 0 Å². The van der Waals surface area contributed by atoms with Gasteiger partial charge in [-0.1, -0.05) is 0 Å². The SMILES string of the molecule is C[Si](C)(C)Cc1bcccc1. The van der Waals surface area contributed by atoms with Crippen LogP contribution in [0.2, 0.25) is 19.6 Å². The van der Waals surface area contributed by atoms with Crippen LogP contribution in [0.5, 0.6) is 0 Å². The molecule has 0 aliphatic heterocycles. The zero-order valence-electron chi connectivity index (χ0n) is 7.59. The van der Waals surface area contributed by atoms with Crippen LogP contribution in [-0.4, -0.2) is 15.0 Å². The molecular formula is C9H15BSi. The molecule has 0 N–H and O–H groups in total. The third kappa shape index (κ3) is 3.52. The summed E-state index contributed by atoms with van der Waals surface area (Å²) in [6, 6.07) is 7.72. The molecule has 1 aromatic heterocycles. The third-order valence-corrected chi connectivity index (χ3v) is 3.05. The van der Waals surface area contributed by atoms with Gasteiger partial charge in [0.2, 0.25) is 0 Å². The van der Waals surface area contributed by atoms with Gasteiger partial charge in [0.25, 0.3) is 0 Å². The van der Waals surface area contributed by atoms with Crippen LogP contribution in [0.25, 0.3) is 0 Å². The first-order chi connectivity index (χ1) is 5.08. The van der Waals surface area contributed by atoms with Crippen molar-refractivity contribution in [1.82, 2.24) is 0 Å². The van der Waals surface area contributed by atoms with E-state index in [9.17, 15) is 0 Å². The van der Waals surface area contributed by atoms with Gasteiger partial charge in [0, 0.05) is 0 Å². The molecule has 0 fully saturated rings. The summed E-state index contributed by atoms with van der Waals surface area (Å²) in [5.74, 6) is 2.12. The monoisotopic (exact) mass is 162 g/mol. The van der Waals surface area contributed by atoms with Gasteiger partial charge in [-0.3, -0.25) is 0 Å². The molecule has 0 bridgehead atoms. The molecule has 0 unspecified atom stereocenters. The Balaban J connectivity index is 2.66. The van der Waals surface area contributed by atoms with E-state index in [4.69, 9.17) is 0 Å². The van der Waals surface area contributed by atoms with Gasteiger partial charge < -0.3 is 0 Å². The Kier molecular flexibility index (Phi) is 2.66. The standard InChI is InChI=1S/C9H15BSi/c1-11(2,3)8-9-6-4-5-7-10-9/h4-7H,8H2,1-3H3. The van der Waals surface area contributed by atoms with Crippen molar-refractivity contribution in [2.45, 2.75) is 25.7 Å². The Hall–Kier alpha value is -0.368. The van der Waals surface area contributed by atoms with E-state index in [1.807, 2.05) is 0 Å². The molecule has 0 amide bonds. The van der Waals surface area contributed by atoms with E-state index in [1.165, 1.54) is 11.5 Å². The molecule has 58 valence electrons. The Labute approximate surface area is 70.9 Å². The Morgan fingerprint density at radius 1 is 1.27 bits per heavy atom. The summed E-state index contributed by atoms with van der Waals surface area (Å²) in [4.78, 5) is 0. The number of hydrogen-bond acceptors (Lipinski definition) is 0. The van der Waals surface area contributed by atoms with Crippen molar-refractivity contribution >= 4 is 15.0 Å². The van der Waals surface area contributed by atoms with Crippen LogP contribution in [0.1, 0.15) is 5.46 Å². The molecule has 0 saturated heterocycles. The third-order valence-electron chi connectivity index (χ3n) is 1.58. The Bertz CT molecular complexity index is 213. The van der Waals surface area contributed by atoms with Crippen LogP contribution in [0.15, 0.2) is 24.2 Å². The van der Waals surface area contributed by atoms with Crippen molar-refractivity contribution in [2.24, 2.45) is 0 Å². The maximum atomic E-state index is 2.40. The predicted molar refractivity (Wildman–Crippen MR) is 54.8 cm³/mol. The molecule has 1 rings (SSSR count). The van der Waals surface area contributed by atoms with E-state index in [-0.39, 0.29) is 0 Å². The maximum absolute atomic E-state index is 2.40. The van der Waals surface area contributed by atoms with Crippen LogP contribution in [-0.2, 0) is 6.04 Å². The Morgan fingerprint density at radius 2 is 2.00 bits per heavy atom. The average Bonchev–Trinajstić information content (AvgIpc) is 1.85. The predicted octanol–water partition coefficient (Wildman–Crippen LogP) is 2.44. The molecule has 0 aliphatic carbocycles. The molecule has 0 saturated carbocycles. The van der Waals surface area contributed by atoms with Crippen molar-refractivity contribution < 1.29 is 0 Å². The van der Waals surface area contributed by atoms with Crippen LogP contribution < -0.4 is 0 Å². The van der Waals surface area contributed by atoms with Crippen LogP contribution >= 0.6 is 0 Å². The molecule has 1 heterocycles. The summed E-state index contributed by atoms with van der Waals surface area (Å²) < 4.78 is 0. The Morgan fingerprint density at radius 3 is 2.45 bits per heavy atom. The van der Waals surface area contributed by atoms with Gasteiger partial charge in [-0.2, -0.15) is 0 Å². The molecule has 0 atom stereocenters. The minimum absolute atomic E-state index is 0.898. The molecule has 0 spiro atoms. The second-order valence-corrected chi connectivity index (χ2v) is 9.70. The topological polar surface area (TPSA) is 0 Å². The summed E-state index contributed by atoms with van der Waals surface area (Å²) in [7, 11) is -0.898. The van der Waals surface area contributed by atoms with E-state index in [2.05, 4.69) is 50.7 Å². The van der Waals surface area contributed by atoms with E-state index in [1.54, 1.807) is 0 Å². The van der Waals surface area contributed by atoms with Gasteiger partial charge >= 0.3 is 70.3 Å². The zero-order valence-corrected chi connectivity index (χ0v) is 8.59. The fraction of sp³-hybridized carbons (Fsp3) is 0.444. The average molecular weight is 162 g/mol. The van der Waals surface area contributed by atoms with Crippen molar-refractivity contribution in [3.05, 3.63) is 29.6 Å². The normalized spacial score (nSPS) is 11.2. The van der Waals surface area contributed by atoms with E-state index < -0.39 is 8.07 Å². The first-order valence-electron chi connectivity index (χ1n) is 4.12. The molecule has 0 aromatic carbocycles. The van der Waals surface area contributed by atoms with E-state index >= 15 is 0 Å². The molecule has 0 radical (unpaired) electrons. The minimum atomic E-state index is -0.898. The van der Waals surface area contributed by atoms with E-state index in [0.717, 1.165) is 0 Å². The van der Waals surface area contributed by atoms with Crippen molar-refractivity contribution in [1.29, 1.82) is 0 Å². The van der Waals surface area contributed by atoms with Crippen molar-refractivity contribution in [3.63, 3.8) is 0 Å². The van der Waals surface area contributed by atoms with Gasteiger partial charge in [-0.15, -0.1) is 0 Å². The second-order valence-electron chi connectivity index (χ2n) is 4.22. The summed E-state index contributed by atoms with van der Waals surface area (Å²) >= 11 is 0. The summed E-state index contributed by atoms with van der Waals surface area (Å²) in [5, 5.41) is 0. The first-order valence-corrected chi connectivity index (χ1v) is 7.82. The van der Waals surface area contributed by atoms with Gasteiger partial charge in [-0.05, 0) is 0 Å². The van der Waals surface area contributed by atoms with Crippen molar-refractivity contribution in [2.75, 3.05) is 0 Å². The number of hydrogen-bond donors (Lipinski definition) is 0. The fourth-order valence-corrected chi connectivity index (χ4v) is 2.67. The second kappa shape index (κ2) is 3.35. The van der Waals surface area contributed by atoms with Gasteiger partial charge in [0.1, 0.15) is 0 Å². The van der Waals surface area contributed by atoms with Crippen LogP contribution in [0.4, 0.5) is 0 Å². The zero-order chi connectivity index (χ0) is 8.32. The van der Waals surface area contributed by atoms with Crippen LogP contribution in [0.3, 0.4) is 0 Å². The van der Waals surface area contributed by atoms with E-state index in [0.29, 0.717) is 0 Å².